The maximum Gasteiger partial charge on any atom is 0.337 e. The second-order valence-electron chi connectivity index (χ2n) is 6.32. The van der Waals surface area contributed by atoms with Gasteiger partial charge in [0.25, 0.3) is 0 Å². The van der Waals surface area contributed by atoms with E-state index in [2.05, 4.69) is 43.9 Å². The van der Waals surface area contributed by atoms with Crippen molar-refractivity contribution in [2.45, 2.75) is 0 Å². The molecule has 8 nitrogen and oxygen atoms in total. The van der Waals surface area contributed by atoms with E-state index in [1.165, 1.54) is 22.8 Å². The van der Waals surface area contributed by atoms with E-state index in [1.807, 2.05) is 35.1 Å². The molecule has 0 atom stereocenters. The quantitative estimate of drug-likeness (QED) is 0.157. The summed E-state index contributed by atoms with van der Waals surface area (Å²) < 4.78 is 7.72. The first-order chi connectivity index (χ1) is 14.9. The predicted octanol–water partition coefficient (Wildman–Crippen LogP) is 4.09. The van der Waals surface area contributed by atoms with Crippen LogP contribution < -0.4 is 11.3 Å². The summed E-state index contributed by atoms with van der Waals surface area (Å²) in [6.45, 7) is 0. The number of halogens is 1. The smallest absolute Gasteiger partial charge is 0.337 e. The van der Waals surface area contributed by atoms with Gasteiger partial charge in [-0.2, -0.15) is 5.10 Å². The zero-order valence-electron chi connectivity index (χ0n) is 16.4. The van der Waals surface area contributed by atoms with Crippen molar-refractivity contribution in [1.29, 1.82) is 0 Å². The zero-order valence-corrected chi connectivity index (χ0v) is 18.6. The summed E-state index contributed by atoms with van der Waals surface area (Å²) in [5.41, 5.74) is 5.82. The number of nitrogens with two attached hydrogens (primary N) is 1. The first-order valence-corrected chi connectivity index (χ1v) is 10.1. The summed E-state index contributed by atoms with van der Waals surface area (Å²) in [4.78, 5) is 21.8. The van der Waals surface area contributed by atoms with Crippen LogP contribution >= 0.6 is 22.6 Å². The van der Waals surface area contributed by atoms with Gasteiger partial charge in [-0.25, -0.2) is 14.3 Å². The Morgan fingerprint density at radius 3 is 2.26 bits per heavy atom. The van der Waals surface area contributed by atoms with Crippen molar-refractivity contribution in [3.8, 4) is 5.69 Å². The summed E-state index contributed by atoms with van der Waals surface area (Å²) in [5, 5.41) is 14.0. The molecule has 0 amide bonds. The molecule has 1 heterocycles. The van der Waals surface area contributed by atoms with E-state index in [0.717, 1.165) is 16.6 Å². The third-order valence-electron chi connectivity index (χ3n) is 4.36. The van der Waals surface area contributed by atoms with Gasteiger partial charge in [0, 0.05) is 14.6 Å². The van der Waals surface area contributed by atoms with Crippen LogP contribution in [-0.4, -0.2) is 33.9 Å². The van der Waals surface area contributed by atoms with Gasteiger partial charge >= 0.3 is 11.9 Å². The topological polar surface area (TPSA) is 119 Å². The molecular formula is C22H19IN4O4. The lowest BCUT2D eigenvalue weighted by Gasteiger charge is -2.05. The Morgan fingerprint density at radius 1 is 1.03 bits per heavy atom. The standard InChI is InChI=1S/C15H11IN2O2.C7H8N2O2/c1-20-15(19)10-2-5-13(6-3-10)18-14-7-4-12(16)8-11(14)9-17-18;8-9-6-3-1-5(2-4-6)7(10)11/h2-9H,1H3;1-4,9H,8H2,(H,10,11). The molecule has 0 spiro atoms. The van der Waals surface area contributed by atoms with Crippen LogP contribution in [0.25, 0.3) is 16.6 Å². The average Bonchev–Trinajstić information content (AvgIpc) is 3.22. The van der Waals surface area contributed by atoms with Gasteiger partial charge in [-0.1, -0.05) is 0 Å². The number of carbonyl (C=O) groups is 2. The minimum Gasteiger partial charge on any atom is -0.478 e. The largest absolute Gasteiger partial charge is 0.478 e. The van der Waals surface area contributed by atoms with Crippen LogP contribution in [0.3, 0.4) is 0 Å². The molecule has 0 bridgehead atoms. The highest BCUT2D eigenvalue weighted by Gasteiger charge is 2.08. The normalized spacial score (nSPS) is 10.2. The monoisotopic (exact) mass is 530 g/mol. The Bertz CT molecular complexity index is 1200. The minimum atomic E-state index is -0.937. The summed E-state index contributed by atoms with van der Waals surface area (Å²) >= 11 is 2.28. The van der Waals surface area contributed by atoms with E-state index in [1.54, 1.807) is 24.3 Å². The fourth-order valence-electron chi connectivity index (χ4n) is 2.78. The molecule has 0 aliphatic carbocycles. The van der Waals surface area contributed by atoms with Crippen LogP contribution in [0.5, 0.6) is 0 Å². The second kappa shape index (κ2) is 10.0. The summed E-state index contributed by atoms with van der Waals surface area (Å²) in [5.74, 6) is 3.81. The highest BCUT2D eigenvalue weighted by molar-refractivity contribution is 14.1. The summed E-state index contributed by atoms with van der Waals surface area (Å²) in [6, 6.07) is 19.5. The molecule has 4 aromatic rings. The number of esters is 1. The fourth-order valence-corrected chi connectivity index (χ4v) is 3.29. The molecule has 4 N–H and O–H groups in total. The number of aromatic nitrogens is 2. The van der Waals surface area contributed by atoms with Crippen LogP contribution in [0.4, 0.5) is 5.69 Å². The number of hydrogen-bond donors (Lipinski definition) is 3. The van der Waals surface area contributed by atoms with E-state index in [0.29, 0.717) is 11.3 Å². The van der Waals surface area contributed by atoms with Crippen molar-refractivity contribution in [3.63, 3.8) is 0 Å². The first kappa shape index (κ1) is 22.2. The Balaban J connectivity index is 0.000000210. The van der Waals surface area contributed by atoms with E-state index < -0.39 is 5.97 Å². The molecule has 9 heteroatoms. The highest BCUT2D eigenvalue weighted by Crippen LogP contribution is 2.21. The molecule has 4 rings (SSSR count). The fraction of sp³-hybridized carbons (Fsp3) is 0.0455. The van der Waals surface area contributed by atoms with Crippen molar-refractivity contribution in [2.75, 3.05) is 12.5 Å². The van der Waals surface area contributed by atoms with Gasteiger partial charge in [-0.15, -0.1) is 0 Å². The Morgan fingerprint density at radius 2 is 1.68 bits per heavy atom. The van der Waals surface area contributed by atoms with Crippen LogP contribution in [0.2, 0.25) is 0 Å². The molecule has 0 saturated heterocycles. The number of hydrazine groups is 1. The number of ether oxygens (including phenoxy) is 1. The molecule has 1 aromatic heterocycles. The number of rotatable bonds is 4. The molecule has 0 fully saturated rings. The number of benzene rings is 3. The number of anilines is 1. The Labute approximate surface area is 191 Å². The number of carboxylic acid groups (broad SMARTS) is 1. The molecule has 0 aliphatic heterocycles. The lowest BCUT2D eigenvalue weighted by atomic mass is 10.2. The molecule has 31 heavy (non-hydrogen) atoms. The van der Waals surface area contributed by atoms with E-state index in [4.69, 9.17) is 10.9 Å². The number of fused-ring (bicyclic) bond motifs is 1. The van der Waals surface area contributed by atoms with Gasteiger partial charge in [0.2, 0.25) is 0 Å². The molecule has 3 aromatic carbocycles. The van der Waals surface area contributed by atoms with E-state index >= 15 is 0 Å². The van der Waals surface area contributed by atoms with Gasteiger partial charge in [0.1, 0.15) is 0 Å². The zero-order chi connectivity index (χ0) is 22.4. The molecule has 158 valence electrons. The molecular weight excluding hydrogens is 511 g/mol. The molecule has 0 unspecified atom stereocenters. The van der Waals surface area contributed by atoms with Crippen LogP contribution in [0.15, 0.2) is 72.9 Å². The Kier molecular flexibility index (Phi) is 7.21. The van der Waals surface area contributed by atoms with Gasteiger partial charge in [0.15, 0.2) is 0 Å². The van der Waals surface area contributed by atoms with Crippen LogP contribution in [0, 0.1) is 3.57 Å². The number of carboxylic acids is 1. The van der Waals surface area contributed by atoms with Crippen molar-refractivity contribution in [2.24, 2.45) is 5.84 Å². The third-order valence-corrected chi connectivity index (χ3v) is 5.03. The lowest BCUT2D eigenvalue weighted by molar-refractivity contribution is 0.0599. The van der Waals surface area contributed by atoms with Crippen molar-refractivity contribution >= 4 is 51.1 Å². The number of nitrogens with zero attached hydrogens (tertiary/aromatic N) is 2. The van der Waals surface area contributed by atoms with Crippen LogP contribution in [-0.2, 0) is 4.74 Å². The van der Waals surface area contributed by atoms with Gasteiger partial charge < -0.3 is 15.3 Å². The summed E-state index contributed by atoms with van der Waals surface area (Å²) in [6.07, 6.45) is 1.84. The van der Waals surface area contributed by atoms with Crippen molar-refractivity contribution < 1.29 is 19.4 Å². The maximum absolute atomic E-state index is 11.4. The average molecular weight is 530 g/mol. The number of hydrogen-bond acceptors (Lipinski definition) is 6. The van der Waals surface area contributed by atoms with E-state index in [9.17, 15) is 9.59 Å². The first-order valence-electron chi connectivity index (χ1n) is 9.05. The SMILES string of the molecule is COC(=O)c1ccc(-n2ncc3cc(I)ccc32)cc1.NNc1ccc(C(=O)O)cc1. The third kappa shape index (κ3) is 5.38. The molecule has 0 aliphatic rings. The van der Waals surface area contributed by atoms with Crippen molar-refractivity contribution in [3.05, 3.63) is 87.6 Å². The molecule has 0 radical (unpaired) electrons. The number of carbonyl (C=O) groups excluding carboxylic acids is 1. The number of nitrogen functional groups attached to an aromatic ring is 1. The maximum atomic E-state index is 11.4. The van der Waals surface area contributed by atoms with E-state index in [-0.39, 0.29) is 11.5 Å². The number of methoxy groups -OCH3 is 1. The minimum absolute atomic E-state index is 0.254. The van der Waals surface area contributed by atoms with Gasteiger partial charge in [-0.05, 0) is 89.3 Å². The van der Waals surface area contributed by atoms with Crippen LogP contribution in [0.1, 0.15) is 20.7 Å². The highest BCUT2D eigenvalue weighted by atomic mass is 127. The van der Waals surface area contributed by atoms with Gasteiger partial charge in [0.05, 0.1) is 35.6 Å². The summed E-state index contributed by atoms with van der Waals surface area (Å²) in [7, 11) is 1.37. The number of nitrogens with one attached hydrogen (secondary N) is 1. The Hall–Kier alpha value is -3.44. The predicted molar refractivity (Wildman–Crippen MR) is 126 cm³/mol. The molecule has 0 saturated carbocycles. The second-order valence-corrected chi connectivity index (χ2v) is 7.57. The number of aromatic carboxylic acids is 1. The van der Waals surface area contributed by atoms with Gasteiger partial charge in [-0.3, -0.25) is 5.84 Å². The lowest BCUT2D eigenvalue weighted by Crippen LogP contribution is -2.06. The van der Waals surface area contributed by atoms with Crippen molar-refractivity contribution in [1.82, 2.24) is 9.78 Å².